The van der Waals surface area contributed by atoms with Crippen LogP contribution < -0.4 is 11.1 Å². The van der Waals surface area contributed by atoms with Gasteiger partial charge in [-0.05, 0) is 62.9 Å². The Morgan fingerprint density at radius 1 is 0.867 bits per heavy atom. The van der Waals surface area contributed by atoms with Gasteiger partial charge in [-0.15, -0.1) is 0 Å². The van der Waals surface area contributed by atoms with Crippen molar-refractivity contribution in [3.8, 4) is 0 Å². The van der Waals surface area contributed by atoms with Crippen LogP contribution in [-0.2, 0) is 9.59 Å². The molecular weight excluding hydrogens is 376 g/mol. The molecule has 0 unspecified atom stereocenters. The van der Waals surface area contributed by atoms with Crippen LogP contribution in [0.5, 0.6) is 0 Å². The molecule has 0 spiro atoms. The van der Waals surface area contributed by atoms with Gasteiger partial charge < -0.3 is 20.9 Å². The van der Waals surface area contributed by atoms with Gasteiger partial charge in [-0.25, -0.2) is 0 Å². The Morgan fingerprint density at radius 3 is 1.90 bits per heavy atom. The van der Waals surface area contributed by atoms with Gasteiger partial charge in [0.15, 0.2) is 0 Å². The molecule has 0 aromatic heterocycles. The van der Waals surface area contributed by atoms with Crippen molar-refractivity contribution in [1.29, 1.82) is 0 Å². The minimum atomic E-state index is 0.299. The molecule has 2 rings (SSSR count). The maximum absolute atomic E-state index is 12.3. The fraction of sp³-hybridized carbons (Fsp3) is 0.917. The van der Waals surface area contributed by atoms with Crippen LogP contribution in [0.3, 0.4) is 0 Å². The maximum atomic E-state index is 12.3. The molecule has 0 saturated carbocycles. The molecule has 3 N–H and O–H groups in total. The van der Waals surface area contributed by atoms with Gasteiger partial charge in [0.05, 0.1) is 0 Å². The Kier molecular flexibility index (Phi) is 11.7. The molecule has 0 bridgehead atoms. The summed E-state index contributed by atoms with van der Waals surface area (Å²) in [5.74, 6) is 2.67. The fourth-order valence-electron chi connectivity index (χ4n) is 4.82. The van der Waals surface area contributed by atoms with Crippen LogP contribution in [0.25, 0.3) is 0 Å². The van der Waals surface area contributed by atoms with Crippen molar-refractivity contribution in [2.24, 2.45) is 23.5 Å². The summed E-state index contributed by atoms with van der Waals surface area (Å²) in [6.07, 6.45) is 10.8. The normalized spacial score (nSPS) is 18.9. The van der Waals surface area contributed by atoms with Crippen molar-refractivity contribution in [2.75, 3.05) is 45.8 Å². The Bertz CT molecular complexity index is 495. The molecule has 0 aromatic carbocycles. The fourth-order valence-corrected chi connectivity index (χ4v) is 4.82. The second-order valence-electron chi connectivity index (χ2n) is 9.82. The van der Waals surface area contributed by atoms with E-state index in [2.05, 4.69) is 29.0 Å². The first-order valence-corrected chi connectivity index (χ1v) is 12.5. The van der Waals surface area contributed by atoms with Crippen LogP contribution in [0.2, 0.25) is 0 Å². The second-order valence-corrected chi connectivity index (χ2v) is 9.82. The maximum Gasteiger partial charge on any atom is 0.223 e. The van der Waals surface area contributed by atoms with E-state index < -0.39 is 0 Å². The molecule has 0 aromatic rings. The summed E-state index contributed by atoms with van der Waals surface area (Å²) >= 11 is 0. The van der Waals surface area contributed by atoms with Crippen LogP contribution in [0.1, 0.15) is 78.1 Å². The minimum absolute atomic E-state index is 0.299. The summed E-state index contributed by atoms with van der Waals surface area (Å²) < 4.78 is 0. The highest BCUT2D eigenvalue weighted by atomic mass is 16.2. The van der Waals surface area contributed by atoms with E-state index in [-0.39, 0.29) is 0 Å². The molecule has 2 amide bonds. The van der Waals surface area contributed by atoms with Crippen molar-refractivity contribution in [3.63, 3.8) is 0 Å². The van der Waals surface area contributed by atoms with Crippen molar-refractivity contribution in [2.45, 2.75) is 78.1 Å². The second kappa shape index (κ2) is 14.0. The summed E-state index contributed by atoms with van der Waals surface area (Å²) in [6.45, 7) is 10.4. The topological polar surface area (TPSA) is 78.7 Å². The van der Waals surface area contributed by atoms with E-state index in [1.54, 1.807) is 0 Å². The summed E-state index contributed by atoms with van der Waals surface area (Å²) in [5, 5.41) is 3.29. The van der Waals surface area contributed by atoms with Crippen molar-refractivity contribution in [3.05, 3.63) is 0 Å². The van der Waals surface area contributed by atoms with Gasteiger partial charge >= 0.3 is 0 Å². The lowest BCUT2D eigenvalue weighted by Crippen LogP contribution is -2.40. The van der Waals surface area contributed by atoms with E-state index in [1.807, 2.05) is 0 Å². The van der Waals surface area contributed by atoms with Gasteiger partial charge in [0.2, 0.25) is 11.8 Å². The molecule has 2 aliphatic heterocycles. The van der Waals surface area contributed by atoms with Gasteiger partial charge in [0.1, 0.15) is 0 Å². The van der Waals surface area contributed by atoms with E-state index >= 15 is 0 Å². The first-order valence-electron chi connectivity index (χ1n) is 12.5. The number of likely N-dealkylation sites (tertiary alicyclic amines) is 2. The summed E-state index contributed by atoms with van der Waals surface area (Å²) in [5.41, 5.74) is 5.48. The van der Waals surface area contributed by atoms with Crippen LogP contribution in [-0.4, -0.2) is 67.4 Å². The zero-order valence-electron chi connectivity index (χ0n) is 19.5. The largest absolute Gasteiger partial charge is 0.343 e. The van der Waals surface area contributed by atoms with E-state index in [0.29, 0.717) is 37.1 Å². The smallest absolute Gasteiger partial charge is 0.223 e. The Labute approximate surface area is 184 Å². The number of nitrogens with one attached hydrogen (secondary N) is 1. The molecule has 6 nitrogen and oxygen atoms in total. The standard InChI is InChI=1S/C24H46N4O2/c1-20(2)19-24(30)28-17-10-22(11-18-28)6-3-5-21-8-15-27(16-9-21)23(29)7-14-26-13-4-12-25/h20-22,26H,3-19,25H2,1-2H3. The number of hydrogen-bond acceptors (Lipinski definition) is 4. The van der Waals surface area contributed by atoms with Gasteiger partial charge in [-0.2, -0.15) is 0 Å². The molecule has 0 atom stereocenters. The average Bonchev–Trinajstić information content (AvgIpc) is 2.74. The number of piperidine rings is 2. The van der Waals surface area contributed by atoms with Crippen molar-refractivity contribution in [1.82, 2.24) is 15.1 Å². The number of amides is 2. The highest BCUT2D eigenvalue weighted by Crippen LogP contribution is 2.27. The summed E-state index contributed by atoms with van der Waals surface area (Å²) in [7, 11) is 0. The van der Waals surface area contributed by atoms with E-state index in [0.717, 1.165) is 70.4 Å². The highest BCUT2D eigenvalue weighted by molar-refractivity contribution is 5.76. The Hall–Kier alpha value is -1.14. The average molecular weight is 423 g/mol. The van der Waals surface area contributed by atoms with Gasteiger partial charge in [-0.3, -0.25) is 9.59 Å². The monoisotopic (exact) mass is 422 g/mol. The number of carbonyl (C=O) groups excluding carboxylic acids is 2. The third-order valence-electron chi connectivity index (χ3n) is 6.82. The van der Waals surface area contributed by atoms with E-state index in [9.17, 15) is 9.59 Å². The first kappa shape index (κ1) is 25.1. The number of nitrogens with two attached hydrogens (primary N) is 1. The highest BCUT2D eigenvalue weighted by Gasteiger charge is 2.25. The SMILES string of the molecule is CC(C)CC(=O)N1CCC(CCCC2CCN(C(=O)CCNCCCN)CC2)CC1. The predicted molar refractivity (Wildman–Crippen MR) is 123 cm³/mol. The summed E-state index contributed by atoms with van der Waals surface area (Å²) in [6, 6.07) is 0. The lowest BCUT2D eigenvalue weighted by atomic mass is 9.86. The number of rotatable bonds is 12. The summed E-state index contributed by atoms with van der Waals surface area (Å²) in [4.78, 5) is 28.7. The van der Waals surface area contributed by atoms with E-state index in [1.165, 1.54) is 32.1 Å². The molecule has 174 valence electrons. The quantitative estimate of drug-likeness (QED) is 0.474. The molecule has 0 aliphatic carbocycles. The number of hydrogen-bond donors (Lipinski definition) is 2. The van der Waals surface area contributed by atoms with E-state index in [4.69, 9.17) is 5.73 Å². The third kappa shape index (κ3) is 9.34. The molecule has 2 fully saturated rings. The number of carbonyl (C=O) groups is 2. The molecule has 0 radical (unpaired) electrons. The molecular formula is C24H46N4O2. The zero-order valence-corrected chi connectivity index (χ0v) is 19.5. The molecule has 2 saturated heterocycles. The Balaban J connectivity index is 1.51. The third-order valence-corrected chi connectivity index (χ3v) is 6.82. The molecule has 30 heavy (non-hydrogen) atoms. The van der Waals surface area contributed by atoms with Gasteiger partial charge in [0.25, 0.3) is 0 Å². The molecule has 6 heteroatoms. The predicted octanol–water partition coefficient (Wildman–Crippen LogP) is 3.01. The molecule has 2 heterocycles. The molecule has 2 aliphatic rings. The zero-order chi connectivity index (χ0) is 21.8. The van der Waals surface area contributed by atoms with Crippen LogP contribution in [0.15, 0.2) is 0 Å². The van der Waals surface area contributed by atoms with Crippen LogP contribution in [0, 0.1) is 17.8 Å². The lowest BCUT2D eigenvalue weighted by Gasteiger charge is -2.34. The van der Waals surface area contributed by atoms with Crippen LogP contribution in [0.4, 0.5) is 0 Å². The minimum Gasteiger partial charge on any atom is -0.343 e. The van der Waals surface area contributed by atoms with Crippen molar-refractivity contribution < 1.29 is 9.59 Å². The van der Waals surface area contributed by atoms with Gasteiger partial charge in [0, 0.05) is 45.6 Å². The first-order chi connectivity index (χ1) is 14.5. The Morgan fingerprint density at radius 2 is 1.40 bits per heavy atom. The van der Waals surface area contributed by atoms with Crippen LogP contribution >= 0.6 is 0 Å². The van der Waals surface area contributed by atoms with Gasteiger partial charge in [-0.1, -0.05) is 33.1 Å². The number of nitrogens with zero attached hydrogens (tertiary/aromatic N) is 2. The lowest BCUT2D eigenvalue weighted by molar-refractivity contribution is -0.133. The van der Waals surface area contributed by atoms with Crippen molar-refractivity contribution >= 4 is 11.8 Å².